The third kappa shape index (κ3) is 4.32. The molecule has 1 fully saturated rings. The van der Waals surface area contributed by atoms with Crippen molar-refractivity contribution in [2.75, 3.05) is 7.11 Å². The number of rotatable bonds is 6. The third-order valence-corrected chi connectivity index (χ3v) is 6.49. The topological polar surface area (TPSA) is 78.9 Å². The Balaban J connectivity index is 1.32. The molecule has 1 saturated carbocycles. The van der Waals surface area contributed by atoms with Crippen LogP contribution in [0.25, 0.3) is 33.9 Å². The molecule has 0 atom stereocenters. The fourth-order valence-corrected chi connectivity index (χ4v) is 4.52. The van der Waals surface area contributed by atoms with Crippen LogP contribution in [0.15, 0.2) is 59.4 Å². The van der Waals surface area contributed by atoms with Crippen LogP contribution >= 0.6 is 0 Å². The molecular weight excluding hydrogens is 483 g/mol. The predicted octanol–water partition coefficient (Wildman–Crippen LogP) is 6.18. The monoisotopic (exact) mass is 505 g/mol. The molecule has 0 radical (unpaired) electrons. The molecule has 1 aliphatic rings. The molecule has 0 N–H and O–H groups in total. The molecule has 0 aliphatic heterocycles. The zero-order chi connectivity index (χ0) is 25.7. The van der Waals surface area contributed by atoms with E-state index < -0.39 is 11.9 Å². The van der Waals surface area contributed by atoms with Crippen molar-refractivity contribution in [2.45, 2.75) is 31.4 Å². The Hall–Kier alpha value is -4.21. The van der Waals surface area contributed by atoms with Crippen LogP contribution < -0.4 is 4.74 Å². The van der Waals surface area contributed by atoms with Crippen LogP contribution in [0.2, 0.25) is 0 Å². The van der Waals surface area contributed by atoms with Gasteiger partial charge >= 0.3 is 6.18 Å². The summed E-state index contributed by atoms with van der Waals surface area (Å²) in [6, 6.07) is 13.1. The Labute approximate surface area is 210 Å². The van der Waals surface area contributed by atoms with Crippen LogP contribution in [0.1, 0.15) is 41.3 Å². The van der Waals surface area contributed by atoms with Crippen LogP contribution in [0.4, 0.5) is 13.2 Å². The first-order chi connectivity index (χ1) is 17.8. The minimum Gasteiger partial charge on any atom is -0.480 e. The molecule has 0 amide bonds. The third-order valence-electron chi connectivity index (χ3n) is 6.49. The number of methoxy groups -OCH3 is 1. The molecular formula is C27H22F3N5O2. The first-order valence-electron chi connectivity index (χ1n) is 11.8. The van der Waals surface area contributed by atoms with Gasteiger partial charge < -0.3 is 13.7 Å². The lowest BCUT2D eigenvalue weighted by Gasteiger charge is -2.08. The number of ether oxygens (including phenoxy) is 1. The highest BCUT2D eigenvalue weighted by molar-refractivity contribution is 5.81. The highest BCUT2D eigenvalue weighted by Crippen LogP contribution is 2.45. The van der Waals surface area contributed by atoms with Gasteiger partial charge in [0.2, 0.25) is 11.8 Å². The number of benzene rings is 2. The summed E-state index contributed by atoms with van der Waals surface area (Å²) in [5, 5.41) is 0. The van der Waals surface area contributed by atoms with Crippen molar-refractivity contribution in [1.82, 2.24) is 24.5 Å². The summed E-state index contributed by atoms with van der Waals surface area (Å²) in [5.41, 5.74) is 4.58. The average molecular weight is 506 g/mol. The smallest absolute Gasteiger partial charge is 0.434 e. The van der Waals surface area contributed by atoms with Gasteiger partial charge in [-0.25, -0.2) is 19.9 Å². The highest BCUT2D eigenvalue weighted by Gasteiger charge is 2.35. The number of hydrogen-bond acceptors (Lipinski definition) is 6. The summed E-state index contributed by atoms with van der Waals surface area (Å²) in [5.74, 6) is 1.47. The Kier molecular flexibility index (Phi) is 5.47. The Morgan fingerprint density at radius 2 is 1.84 bits per heavy atom. The molecule has 5 aromatic rings. The van der Waals surface area contributed by atoms with Crippen molar-refractivity contribution in [1.29, 1.82) is 0 Å². The maximum Gasteiger partial charge on any atom is 0.434 e. The van der Waals surface area contributed by atoms with Crippen molar-refractivity contribution in [3.8, 4) is 28.7 Å². The zero-order valence-electron chi connectivity index (χ0n) is 20.1. The summed E-state index contributed by atoms with van der Waals surface area (Å²) >= 11 is 0. The van der Waals surface area contributed by atoms with Crippen LogP contribution in [-0.4, -0.2) is 31.6 Å². The van der Waals surface area contributed by atoms with Crippen molar-refractivity contribution in [2.24, 2.45) is 7.05 Å². The molecule has 7 nitrogen and oxygen atoms in total. The fraction of sp³-hybridized carbons (Fsp3) is 0.259. The van der Waals surface area contributed by atoms with E-state index in [4.69, 9.17) is 14.1 Å². The molecule has 0 spiro atoms. The van der Waals surface area contributed by atoms with Gasteiger partial charge in [0, 0.05) is 24.7 Å². The Morgan fingerprint density at radius 1 is 1.05 bits per heavy atom. The fourth-order valence-electron chi connectivity index (χ4n) is 4.52. The van der Waals surface area contributed by atoms with Gasteiger partial charge in [0.1, 0.15) is 23.2 Å². The molecule has 0 saturated heterocycles. The molecule has 0 bridgehead atoms. The number of fused-ring (bicyclic) bond motifs is 1. The molecule has 10 heteroatoms. The van der Waals surface area contributed by atoms with Gasteiger partial charge in [0.25, 0.3) is 0 Å². The highest BCUT2D eigenvalue weighted by atomic mass is 19.4. The maximum atomic E-state index is 13.0. The molecule has 2 aromatic carbocycles. The van der Waals surface area contributed by atoms with Gasteiger partial charge in [-0.2, -0.15) is 13.2 Å². The zero-order valence-corrected chi connectivity index (χ0v) is 20.1. The molecule has 0 unspecified atom stereocenters. The van der Waals surface area contributed by atoms with Crippen molar-refractivity contribution in [3.05, 3.63) is 77.5 Å². The van der Waals surface area contributed by atoms with E-state index in [2.05, 4.69) is 15.0 Å². The van der Waals surface area contributed by atoms with Crippen molar-refractivity contribution >= 4 is 11.1 Å². The van der Waals surface area contributed by atoms with Gasteiger partial charge in [-0.05, 0) is 36.5 Å². The second kappa shape index (κ2) is 8.72. The van der Waals surface area contributed by atoms with E-state index in [0.717, 1.165) is 41.4 Å². The van der Waals surface area contributed by atoms with Crippen LogP contribution in [-0.2, 0) is 19.6 Å². The first kappa shape index (κ1) is 23.2. The molecule has 1 aliphatic carbocycles. The van der Waals surface area contributed by atoms with Gasteiger partial charge in [0.15, 0.2) is 11.3 Å². The summed E-state index contributed by atoms with van der Waals surface area (Å²) in [4.78, 5) is 17.3. The van der Waals surface area contributed by atoms with Crippen molar-refractivity contribution < 1.29 is 22.3 Å². The summed E-state index contributed by atoms with van der Waals surface area (Å²) in [6.07, 6.45) is 0.696. The lowest BCUT2D eigenvalue weighted by atomic mass is 10.0. The number of aryl methyl sites for hydroxylation is 1. The lowest BCUT2D eigenvalue weighted by Crippen LogP contribution is -2.04. The minimum absolute atomic E-state index is 0.257. The predicted molar refractivity (Wildman–Crippen MR) is 130 cm³/mol. The van der Waals surface area contributed by atoms with E-state index in [1.54, 1.807) is 26.3 Å². The van der Waals surface area contributed by atoms with Gasteiger partial charge in [-0.3, -0.25) is 0 Å². The number of oxazole rings is 1. The number of halogens is 3. The largest absolute Gasteiger partial charge is 0.480 e. The van der Waals surface area contributed by atoms with Crippen LogP contribution in [0.5, 0.6) is 5.88 Å². The lowest BCUT2D eigenvalue weighted by molar-refractivity contribution is -0.140. The van der Waals surface area contributed by atoms with Gasteiger partial charge in [-0.15, -0.1) is 0 Å². The normalized spacial score (nSPS) is 13.9. The molecule has 37 heavy (non-hydrogen) atoms. The summed E-state index contributed by atoms with van der Waals surface area (Å²) in [6.45, 7) is 0. The summed E-state index contributed by atoms with van der Waals surface area (Å²) < 4.78 is 52.2. The maximum absolute atomic E-state index is 13.0. The number of imidazole rings is 1. The van der Waals surface area contributed by atoms with E-state index in [-0.39, 0.29) is 5.82 Å². The van der Waals surface area contributed by atoms with E-state index in [1.807, 2.05) is 30.3 Å². The average Bonchev–Trinajstić information content (AvgIpc) is 3.51. The van der Waals surface area contributed by atoms with E-state index >= 15 is 0 Å². The standard InChI is InChI=1S/C27H22F3N5O2/c1-35-13-20(27(28,29)30)33-24(35)17-8-6-15(7-9-17)12-18-4-3-5-19-22(18)34-26(37-19)21-23(16-10-11-16)31-14-32-25(21)36-2/h3-9,13-14,16H,10-12H2,1-2H3. The van der Waals surface area contributed by atoms with E-state index in [1.165, 1.54) is 10.9 Å². The van der Waals surface area contributed by atoms with Gasteiger partial charge in [0.05, 0.1) is 12.8 Å². The Morgan fingerprint density at radius 3 is 2.51 bits per heavy atom. The molecule has 3 heterocycles. The second-order valence-electron chi connectivity index (χ2n) is 9.13. The van der Waals surface area contributed by atoms with Crippen molar-refractivity contribution in [3.63, 3.8) is 0 Å². The number of hydrogen-bond donors (Lipinski definition) is 0. The van der Waals surface area contributed by atoms with Gasteiger partial charge in [-0.1, -0.05) is 36.4 Å². The molecule has 3 aromatic heterocycles. The number of para-hydroxylation sites is 1. The van der Waals surface area contributed by atoms with Crippen LogP contribution in [0.3, 0.4) is 0 Å². The summed E-state index contributed by atoms with van der Waals surface area (Å²) in [7, 11) is 3.12. The SMILES string of the molecule is COc1ncnc(C2CC2)c1-c1nc2c(Cc3ccc(-c4nc(C(F)(F)F)cn4C)cc3)cccc2o1. The molecule has 6 rings (SSSR count). The quantitative estimate of drug-likeness (QED) is 0.274. The number of alkyl halides is 3. The first-order valence-corrected chi connectivity index (χ1v) is 11.8. The second-order valence-corrected chi connectivity index (χ2v) is 9.13. The Bertz CT molecular complexity index is 1600. The van der Waals surface area contributed by atoms with E-state index in [0.29, 0.717) is 40.8 Å². The number of nitrogens with zero attached hydrogens (tertiary/aromatic N) is 5. The molecule has 188 valence electrons. The minimum atomic E-state index is -4.49. The van der Waals surface area contributed by atoms with Crippen LogP contribution in [0, 0.1) is 0 Å². The van der Waals surface area contributed by atoms with E-state index in [9.17, 15) is 13.2 Å². The number of aromatic nitrogens is 5.